The average molecular weight is 351 g/mol. The van der Waals surface area contributed by atoms with Gasteiger partial charge < -0.3 is 5.32 Å². The fraction of sp³-hybridized carbons (Fsp3) is 0.714. The van der Waals surface area contributed by atoms with Gasteiger partial charge in [0, 0.05) is 28.9 Å². The molecule has 0 saturated carbocycles. The molecule has 0 spiro atoms. The molecule has 1 rings (SSSR count). The molecule has 0 radical (unpaired) electrons. The summed E-state index contributed by atoms with van der Waals surface area (Å²) in [4.78, 5) is 1.42. The zero-order valence-electron chi connectivity index (χ0n) is 13.2. The lowest BCUT2D eigenvalue weighted by Gasteiger charge is -2.13. The summed E-state index contributed by atoms with van der Waals surface area (Å²) in [7, 11) is -3.39. The summed E-state index contributed by atoms with van der Waals surface area (Å²) in [6.45, 7) is 8.88. The molecule has 0 fully saturated rings. The van der Waals surface area contributed by atoms with Crippen LogP contribution in [0.4, 0.5) is 0 Å². The zero-order chi connectivity index (χ0) is 15.9. The quantitative estimate of drug-likeness (QED) is 0.637. The van der Waals surface area contributed by atoms with E-state index in [4.69, 9.17) is 0 Å². The van der Waals surface area contributed by atoms with E-state index in [9.17, 15) is 8.42 Å². The molecule has 2 N–H and O–H groups in total. The number of thioether (sulfide) groups is 1. The highest BCUT2D eigenvalue weighted by Gasteiger charge is 2.18. The first-order chi connectivity index (χ1) is 9.85. The first-order valence-corrected chi connectivity index (χ1v) is 10.8. The van der Waals surface area contributed by atoms with Crippen LogP contribution in [0.3, 0.4) is 0 Å². The maximum Gasteiger partial charge on any atom is 0.241 e. The molecule has 1 aromatic heterocycles. The molecule has 7 heteroatoms. The van der Waals surface area contributed by atoms with Gasteiger partial charge in [-0.3, -0.25) is 0 Å². The molecule has 122 valence electrons. The van der Waals surface area contributed by atoms with Gasteiger partial charge in [-0.05, 0) is 30.9 Å². The van der Waals surface area contributed by atoms with Crippen molar-refractivity contribution in [2.75, 3.05) is 11.5 Å². The Morgan fingerprint density at radius 2 is 2.05 bits per heavy atom. The molecular weight excluding hydrogens is 324 g/mol. The van der Waals surface area contributed by atoms with Crippen LogP contribution in [0.5, 0.6) is 0 Å². The molecule has 1 atom stereocenters. The van der Waals surface area contributed by atoms with Crippen molar-refractivity contribution >= 4 is 33.1 Å². The van der Waals surface area contributed by atoms with Gasteiger partial charge in [-0.15, -0.1) is 11.3 Å². The Balaban J connectivity index is 2.57. The van der Waals surface area contributed by atoms with Crippen LogP contribution >= 0.6 is 23.1 Å². The van der Waals surface area contributed by atoms with Crippen molar-refractivity contribution < 1.29 is 8.42 Å². The van der Waals surface area contributed by atoms with Crippen LogP contribution in [-0.4, -0.2) is 32.0 Å². The van der Waals surface area contributed by atoms with Gasteiger partial charge in [-0.25, -0.2) is 13.1 Å². The SMILES string of the molecule is CCSCCC(C)NS(=O)(=O)c1csc(CNC(C)C)c1. The smallest absolute Gasteiger partial charge is 0.241 e. The molecular formula is C14H26N2O2S3. The Hall–Kier alpha value is -0.0800. The number of nitrogens with one attached hydrogen (secondary N) is 2. The molecule has 0 aliphatic heterocycles. The maximum absolute atomic E-state index is 12.3. The van der Waals surface area contributed by atoms with E-state index < -0.39 is 10.0 Å². The van der Waals surface area contributed by atoms with Crippen molar-refractivity contribution in [2.24, 2.45) is 0 Å². The molecule has 0 saturated heterocycles. The number of thiophene rings is 1. The Kier molecular flexibility index (Phi) is 8.26. The average Bonchev–Trinajstić information content (AvgIpc) is 2.85. The molecule has 1 unspecified atom stereocenters. The van der Waals surface area contributed by atoms with Gasteiger partial charge in [-0.1, -0.05) is 20.8 Å². The van der Waals surface area contributed by atoms with Crippen molar-refractivity contribution in [3.05, 3.63) is 16.3 Å². The highest BCUT2D eigenvalue weighted by atomic mass is 32.2. The van der Waals surface area contributed by atoms with Crippen LogP contribution in [0.2, 0.25) is 0 Å². The molecule has 0 bridgehead atoms. The van der Waals surface area contributed by atoms with Gasteiger partial charge in [0.25, 0.3) is 0 Å². The van der Waals surface area contributed by atoms with Crippen LogP contribution < -0.4 is 10.0 Å². The third kappa shape index (κ3) is 7.15. The minimum atomic E-state index is -3.39. The Bertz CT molecular complexity index is 512. The van der Waals surface area contributed by atoms with Gasteiger partial charge in [0.15, 0.2) is 0 Å². The summed E-state index contributed by atoms with van der Waals surface area (Å²) in [6.07, 6.45) is 0.851. The monoisotopic (exact) mass is 350 g/mol. The molecule has 0 aliphatic carbocycles. The maximum atomic E-state index is 12.3. The Morgan fingerprint density at radius 1 is 1.33 bits per heavy atom. The molecule has 1 aromatic rings. The summed E-state index contributed by atoms with van der Waals surface area (Å²) >= 11 is 3.31. The molecule has 0 aromatic carbocycles. The van der Waals surface area contributed by atoms with Gasteiger partial charge in [0.1, 0.15) is 0 Å². The highest BCUT2D eigenvalue weighted by Crippen LogP contribution is 2.20. The third-order valence-corrected chi connectivity index (χ3v) is 6.47. The summed E-state index contributed by atoms with van der Waals surface area (Å²) < 4.78 is 27.3. The predicted octanol–water partition coefficient (Wildman–Crippen LogP) is 3.06. The summed E-state index contributed by atoms with van der Waals surface area (Å²) in [6, 6.07) is 2.11. The Morgan fingerprint density at radius 3 is 2.67 bits per heavy atom. The number of sulfonamides is 1. The van der Waals surface area contributed by atoms with Crippen molar-refractivity contribution in [3.63, 3.8) is 0 Å². The molecule has 4 nitrogen and oxygen atoms in total. The second-order valence-corrected chi connectivity index (χ2v) is 9.40. The van der Waals surface area contributed by atoms with Crippen LogP contribution in [0.25, 0.3) is 0 Å². The first kappa shape index (κ1) is 19.0. The van der Waals surface area contributed by atoms with Crippen molar-refractivity contribution in [1.82, 2.24) is 10.0 Å². The van der Waals surface area contributed by atoms with Crippen LogP contribution in [0.15, 0.2) is 16.3 Å². The summed E-state index contributed by atoms with van der Waals surface area (Å²) in [5.41, 5.74) is 0. The first-order valence-electron chi connectivity index (χ1n) is 7.26. The summed E-state index contributed by atoms with van der Waals surface area (Å²) in [5, 5.41) is 5.01. The van der Waals surface area contributed by atoms with Gasteiger partial charge in [0.05, 0.1) is 4.90 Å². The van der Waals surface area contributed by atoms with Crippen molar-refractivity contribution in [1.29, 1.82) is 0 Å². The van der Waals surface area contributed by atoms with E-state index in [-0.39, 0.29) is 6.04 Å². The van der Waals surface area contributed by atoms with Crippen LogP contribution in [-0.2, 0) is 16.6 Å². The predicted molar refractivity (Wildman–Crippen MR) is 93.7 cm³/mol. The fourth-order valence-electron chi connectivity index (χ4n) is 1.70. The molecule has 1 heterocycles. The van der Waals surface area contributed by atoms with E-state index in [0.29, 0.717) is 17.5 Å². The lowest BCUT2D eigenvalue weighted by molar-refractivity contribution is 0.557. The van der Waals surface area contributed by atoms with Crippen LogP contribution in [0.1, 0.15) is 39.0 Å². The van der Waals surface area contributed by atoms with Gasteiger partial charge in [0.2, 0.25) is 10.0 Å². The molecule has 21 heavy (non-hydrogen) atoms. The van der Waals surface area contributed by atoms with E-state index in [1.165, 1.54) is 11.3 Å². The number of rotatable bonds is 10. The van der Waals surface area contributed by atoms with E-state index in [0.717, 1.165) is 22.8 Å². The largest absolute Gasteiger partial charge is 0.310 e. The van der Waals surface area contributed by atoms with Crippen molar-refractivity contribution in [2.45, 2.75) is 57.6 Å². The van der Waals surface area contributed by atoms with E-state index >= 15 is 0 Å². The lowest BCUT2D eigenvalue weighted by atomic mass is 10.3. The van der Waals surface area contributed by atoms with Crippen LogP contribution in [0, 0.1) is 0 Å². The molecule has 0 amide bonds. The standard InChI is InChI=1S/C14H26N2O2S3/c1-5-19-7-6-12(4)16-21(17,18)14-8-13(20-10-14)9-15-11(2)3/h8,10-12,15-16H,5-7,9H2,1-4H3. The number of hydrogen-bond acceptors (Lipinski definition) is 5. The lowest BCUT2D eigenvalue weighted by Crippen LogP contribution is -2.32. The minimum Gasteiger partial charge on any atom is -0.310 e. The third-order valence-electron chi connectivity index (χ3n) is 2.88. The topological polar surface area (TPSA) is 58.2 Å². The van der Waals surface area contributed by atoms with Crippen molar-refractivity contribution in [3.8, 4) is 0 Å². The zero-order valence-corrected chi connectivity index (χ0v) is 15.6. The van der Waals surface area contributed by atoms with E-state index in [2.05, 4.69) is 30.8 Å². The van der Waals surface area contributed by atoms with E-state index in [1.54, 1.807) is 11.4 Å². The normalized spacial score (nSPS) is 13.8. The highest BCUT2D eigenvalue weighted by molar-refractivity contribution is 7.99. The second kappa shape index (κ2) is 9.15. The Labute approximate surface area is 137 Å². The minimum absolute atomic E-state index is 0.0359. The van der Waals surface area contributed by atoms with Gasteiger partial charge in [-0.2, -0.15) is 11.8 Å². The summed E-state index contributed by atoms with van der Waals surface area (Å²) in [5.74, 6) is 2.05. The number of hydrogen-bond donors (Lipinski definition) is 2. The van der Waals surface area contributed by atoms with Gasteiger partial charge >= 0.3 is 0 Å². The fourth-order valence-corrected chi connectivity index (χ4v) is 5.01. The van der Waals surface area contributed by atoms with E-state index in [1.807, 2.05) is 18.7 Å². The second-order valence-electron chi connectivity index (χ2n) is 5.29. The molecule has 0 aliphatic rings.